The third-order valence-corrected chi connectivity index (χ3v) is 5.84. The number of benzene rings is 1. The number of methoxy groups -OCH3 is 1. The molecule has 2 amide bonds. The van der Waals surface area contributed by atoms with Crippen molar-refractivity contribution < 1.29 is 19.1 Å². The number of aromatic amines is 1. The largest absolute Gasteiger partial charge is 0.497 e. The topological polar surface area (TPSA) is 87.8 Å². The maximum absolute atomic E-state index is 12.8. The van der Waals surface area contributed by atoms with Gasteiger partial charge in [-0.3, -0.25) is 14.7 Å². The molecule has 1 atom stereocenters. The molecule has 0 radical (unpaired) electrons. The molecule has 0 aliphatic carbocycles. The smallest absolute Gasteiger partial charge is 0.274 e. The Morgan fingerprint density at radius 1 is 1.17 bits per heavy atom. The number of carbonyl (C=O) groups is 2. The summed E-state index contributed by atoms with van der Waals surface area (Å²) < 4.78 is 10.5. The zero-order chi connectivity index (χ0) is 20.9. The quantitative estimate of drug-likeness (QED) is 0.810. The number of rotatable bonds is 5. The summed E-state index contributed by atoms with van der Waals surface area (Å²) in [7, 11) is 1.63. The molecule has 2 aromatic rings. The van der Waals surface area contributed by atoms with Crippen LogP contribution in [-0.2, 0) is 16.0 Å². The summed E-state index contributed by atoms with van der Waals surface area (Å²) in [5, 5.41) is 7.28. The molecule has 2 fully saturated rings. The molecular formula is C22H28N4O4. The lowest BCUT2D eigenvalue weighted by molar-refractivity contribution is -0.131. The Labute approximate surface area is 176 Å². The number of hydrogen-bond acceptors (Lipinski definition) is 5. The summed E-state index contributed by atoms with van der Waals surface area (Å²) in [5.74, 6) is 1.00. The summed E-state index contributed by atoms with van der Waals surface area (Å²) in [6.07, 6.45) is 2.28. The fraction of sp³-hybridized carbons (Fsp3) is 0.500. The molecule has 1 unspecified atom stereocenters. The first-order chi connectivity index (χ1) is 14.6. The van der Waals surface area contributed by atoms with Gasteiger partial charge in [0.05, 0.1) is 26.7 Å². The molecule has 1 aromatic carbocycles. The van der Waals surface area contributed by atoms with Crippen molar-refractivity contribution in [3.63, 3.8) is 0 Å². The van der Waals surface area contributed by atoms with Crippen molar-refractivity contribution in [1.29, 1.82) is 0 Å². The summed E-state index contributed by atoms with van der Waals surface area (Å²) in [6.45, 7) is 3.73. The van der Waals surface area contributed by atoms with Gasteiger partial charge in [0.2, 0.25) is 5.91 Å². The lowest BCUT2D eigenvalue weighted by Gasteiger charge is -2.32. The van der Waals surface area contributed by atoms with E-state index in [1.165, 1.54) is 0 Å². The number of ether oxygens (including phenoxy) is 2. The van der Waals surface area contributed by atoms with Crippen molar-refractivity contribution in [2.24, 2.45) is 0 Å². The van der Waals surface area contributed by atoms with E-state index < -0.39 is 0 Å². The van der Waals surface area contributed by atoms with Gasteiger partial charge in [-0.05, 0) is 36.6 Å². The average molecular weight is 412 g/mol. The fourth-order valence-electron chi connectivity index (χ4n) is 4.07. The molecule has 2 aliphatic heterocycles. The number of carbonyl (C=O) groups excluding carboxylic acids is 2. The van der Waals surface area contributed by atoms with Crippen molar-refractivity contribution >= 4 is 11.8 Å². The van der Waals surface area contributed by atoms with E-state index >= 15 is 0 Å². The Balaban J connectivity index is 1.37. The van der Waals surface area contributed by atoms with E-state index in [4.69, 9.17) is 9.47 Å². The summed E-state index contributed by atoms with van der Waals surface area (Å²) in [5.41, 5.74) is 2.34. The highest BCUT2D eigenvalue weighted by Gasteiger charge is 2.28. The van der Waals surface area contributed by atoms with E-state index in [1.807, 2.05) is 35.2 Å². The van der Waals surface area contributed by atoms with Crippen molar-refractivity contribution in [1.82, 2.24) is 20.0 Å². The molecule has 2 aliphatic rings. The Hall–Kier alpha value is -2.87. The SMILES string of the molecule is COc1ccc(CC(=O)N2CCCC(c3cc(C(=O)N4CCOCC4)n[nH]3)C2)cc1. The molecule has 0 saturated carbocycles. The van der Waals surface area contributed by atoms with Gasteiger partial charge in [-0.1, -0.05) is 12.1 Å². The minimum absolute atomic E-state index is 0.0657. The molecule has 0 bridgehead atoms. The second kappa shape index (κ2) is 9.30. The Morgan fingerprint density at radius 3 is 2.67 bits per heavy atom. The van der Waals surface area contributed by atoms with Gasteiger partial charge in [0.25, 0.3) is 5.91 Å². The highest BCUT2D eigenvalue weighted by atomic mass is 16.5. The summed E-state index contributed by atoms with van der Waals surface area (Å²) in [6, 6.07) is 9.45. The molecule has 2 saturated heterocycles. The van der Waals surface area contributed by atoms with Crippen LogP contribution in [0.15, 0.2) is 30.3 Å². The Bertz CT molecular complexity index is 874. The first-order valence-electron chi connectivity index (χ1n) is 10.5. The van der Waals surface area contributed by atoms with Gasteiger partial charge in [0, 0.05) is 37.8 Å². The molecular weight excluding hydrogens is 384 g/mol. The molecule has 8 heteroatoms. The molecule has 1 N–H and O–H groups in total. The first-order valence-corrected chi connectivity index (χ1v) is 10.5. The van der Waals surface area contributed by atoms with Crippen LogP contribution >= 0.6 is 0 Å². The van der Waals surface area contributed by atoms with Crippen LogP contribution in [0.3, 0.4) is 0 Å². The van der Waals surface area contributed by atoms with Crippen molar-refractivity contribution in [2.75, 3.05) is 46.5 Å². The van der Waals surface area contributed by atoms with Gasteiger partial charge < -0.3 is 19.3 Å². The highest BCUT2D eigenvalue weighted by molar-refractivity contribution is 5.92. The van der Waals surface area contributed by atoms with Gasteiger partial charge in [0.1, 0.15) is 11.4 Å². The first kappa shape index (κ1) is 20.4. The number of H-pyrrole nitrogens is 1. The fourth-order valence-corrected chi connectivity index (χ4v) is 4.07. The van der Waals surface area contributed by atoms with Crippen molar-refractivity contribution in [3.8, 4) is 5.75 Å². The number of hydrogen-bond donors (Lipinski definition) is 1. The second-order valence-corrected chi connectivity index (χ2v) is 7.82. The van der Waals surface area contributed by atoms with Crippen molar-refractivity contribution in [3.05, 3.63) is 47.3 Å². The predicted molar refractivity (Wildman–Crippen MR) is 111 cm³/mol. The van der Waals surface area contributed by atoms with Crippen molar-refractivity contribution in [2.45, 2.75) is 25.2 Å². The number of likely N-dealkylation sites (tertiary alicyclic amines) is 1. The molecule has 3 heterocycles. The molecule has 8 nitrogen and oxygen atoms in total. The van der Waals surface area contributed by atoms with E-state index in [9.17, 15) is 9.59 Å². The van der Waals surface area contributed by atoms with Crippen LogP contribution in [0.2, 0.25) is 0 Å². The molecule has 160 valence electrons. The van der Waals surface area contributed by atoms with Gasteiger partial charge in [0.15, 0.2) is 0 Å². The third-order valence-electron chi connectivity index (χ3n) is 5.84. The molecule has 4 rings (SSSR count). The maximum atomic E-state index is 12.8. The Kier molecular flexibility index (Phi) is 6.32. The van der Waals surface area contributed by atoms with E-state index in [0.29, 0.717) is 45.0 Å². The number of nitrogens with zero attached hydrogens (tertiary/aromatic N) is 3. The van der Waals surface area contributed by atoms with Gasteiger partial charge in [-0.15, -0.1) is 0 Å². The maximum Gasteiger partial charge on any atom is 0.274 e. The molecule has 1 aromatic heterocycles. The minimum atomic E-state index is -0.0657. The van der Waals surface area contributed by atoms with Gasteiger partial charge in [-0.2, -0.15) is 5.10 Å². The van der Waals surface area contributed by atoms with Gasteiger partial charge >= 0.3 is 0 Å². The minimum Gasteiger partial charge on any atom is -0.497 e. The standard InChI is InChI=1S/C22H28N4O4/c1-29-18-6-4-16(5-7-18)13-21(27)26-8-2-3-17(15-26)19-14-20(24-23-19)22(28)25-9-11-30-12-10-25/h4-7,14,17H,2-3,8-13,15H2,1H3,(H,23,24). The lowest BCUT2D eigenvalue weighted by Crippen LogP contribution is -2.40. The van der Waals surface area contributed by atoms with E-state index in [-0.39, 0.29) is 17.7 Å². The molecule has 30 heavy (non-hydrogen) atoms. The number of nitrogens with one attached hydrogen (secondary N) is 1. The van der Waals surface area contributed by atoms with Crippen LogP contribution in [0.4, 0.5) is 0 Å². The van der Waals surface area contributed by atoms with Crippen LogP contribution in [0, 0.1) is 0 Å². The van der Waals surface area contributed by atoms with Crippen LogP contribution in [0.25, 0.3) is 0 Å². The number of morpholine rings is 1. The number of aromatic nitrogens is 2. The number of amides is 2. The van der Waals surface area contributed by atoms with Crippen LogP contribution in [-0.4, -0.2) is 78.3 Å². The molecule has 0 spiro atoms. The van der Waals surface area contributed by atoms with Crippen LogP contribution < -0.4 is 4.74 Å². The highest BCUT2D eigenvalue weighted by Crippen LogP contribution is 2.27. The number of piperidine rings is 1. The lowest BCUT2D eigenvalue weighted by atomic mass is 9.94. The Morgan fingerprint density at radius 2 is 1.93 bits per heavy atom. The van der Waals surface area contributed by atoms with E-state index in [0.717, 1.165) is 36.4 Å². The second-order valence-electron chi connectivity index (χ2n) is 7.82. The van der Waals surface area contributed by atoms with Gasteiger partial charge in [-0.25, -0.2) is 0 Å². The monoisotopic (exact) mass is 412 g/mol. The normalized spacial score (nSPS) is 19.6. The summed E-state index contributed by atoms with van der Waals surface area (Å²) in [4.78, 5) is 29.1. The zero-order valence-electron chi connectivity index (χ0n) is 17.3. The van der Waals surface area contributed by atoms with E-state index in [1.54, 1.807) is 12.0 Å². The predicted octanol–water partition coefficient (Wildman–Crippen LogP) is 1.84. The third kappa shape index (κ3) is 4.64. The van der Waals surface area contributed by atoms with E-state index in [2.05, 4.69) is 10.2 Å². The average Bonchev–Trinajstić information content (AvgIpc) is 3.30. The zero-order valence-corrected chi connectivity index (χ0v) is 17.3. The summed E-state index contributed by atoms with van der Waals surface area (Å²) >= 11 is 0. The van der Waals surface area contributed by atoms with Crippen LogP contribution in [0.1, 0.15) is 40.5 Å². The van der Waals surface area contributed by atoms with Crippen LogP contribution in [0.5, 0.6) is 5.75 Å².